The Morgan fingerprint density at radius 3 is 2.46 bits per heavy atom. The number of ether oxygens (including phenoxy) is 3. The molecule has 0 aliphatic carbocycles. The third-order valence-electron chi connectivity index (χ3n) is 3.89. The SMILES string of the molecule is COc1cc(OC)cc(C(O)CNC(=O)[C@@H]2CC[C@H](CN)O2)c1.Cl. The Kier molecular flexibility index (Phi) is 8.27. The van der Waals surface area contributed by atoms with Crippen LogP contribution >= 0.6 is 12.4 Å². The zero-order valence-electron chi connectivity index (χ0n) is 13.9. The predicted molar refractivity (Wildman–Crippen MR) is 91.7 cm³/mol. The second-order valence-electron chi connectivity index (χ2n) is 5.47. The highest BCUT2D eigenvalue weighted by Gasteiger charge is 2.30. The van der Waals surface area contributed by atoms with Crippen LogP contribution in [-0.2, 0) is 9.53 Å². The standard InChI is InChI=1S/C16H24N2O5.ClH/c1-21-12-5-10(6-13(7-12)22-2)14(19)9-18-16(20)15-4-3-11(8-17)23-15;/h5-7,11,14-15,19H,3-4,8-9,17H2,1-2H3,(H,18,20);1H/t11-,14?,15+;/m1./s1. The maximum absolute atomic E-state index is 12.1. The van der Waals surface area contributed by atoms with E-state index in [9.17, 15) is 9.90 Å². The number of carbonyl (C=O) groups excluding carboxylic acids is 1. The number of nitrogens with two attached hydrogens (primary N) is 1. The van der Waals surface area contributed by atoms with Crippen LogP contribution in [0, 0.1) is 0 Å². The molecule has 4 N–H and O–H groups in total. The number of methoxy groups -OCH3 is 2. The highest BCUT2D eigenvalue weighted by atomic mass is 35.5. The Morgan fingerprint density at radius 2 is 1.96 bits per heavy atom. The lowest BCUT2D eigenvalue weighted by Gasteiger charge is -2.17. The average Bonchev–Trinajstić information content (AvgIpc) is 3.08. The molecule has 0 radical (unpaired) electrons. The van der Waals surface area contributed by atoms with Gasteiger partial charge in [-0.2, -0.15) is 0 Å². The third-order valence-corrected chi connectivity index (χ3v) is 3.89. The van der Waals surface area contributed by atoms with Crippen LogP contribution in [-0.4, -0.2) is 50.5 Å². The van der Waals surface area contributed by atoms with E-state index < -0.39 is 12.2 Å². The predicted octanol–water partition coefficient (Wildman–Crippen LogP) is 0.781. The van der Waals surface area contributed by atoms with Crippen LogP contribution in [0.3, 0.4) is 0 Å². The van der Waals surface area contributed by atoms with Crippen molar-refractivity contribution in [3.8, 4) is 11.5 Å². The van der Waals surface area contributed by atoms with Gasteiger partial charge in [0.1, 0.15) is 17.6 Å². The Hall–Kier alpha value is -1.54. The Balaban J connectivity index is 0.00000288. The first-order valence-corrected chi connectivity index (χ1v) is 7.61. The van der Waals surface area contributed by atoms with Crippen molar-refractivity contribution in [3.05, 3.63) is 23.8 Å². The summed E-state index contributed by atoms with van der Waals surface area (Å²) in [6, 6.07) is 5.12. The van der Waals surface area contributed by atoms with Crippen molar-refractivity contribution in [2.24, 2.45) is 5.73 Å². The van der Waals surface area contributed by atoms with Gasteiger partial charge in [-0.1, -0.05) is 0 Å². The van der Waals surface area contributed by atoms with Gasteiger partial charge in [0, 0.05) is 19.2 Å². The molecule has 1 fully saturated rings. The summed E-state index contributed by atoms with van der Waals surface area (Å²) < 4.78 is 15.9. The molecule has 0 aromatic heterocycles. The van der Waals surface area contributed by atoms with Crippen molar-refractivity contribution in [1.82, 2.24) is 5.32 Å². The molecule has 3 atom stereocenters. The number of hydrogen-bond acceptors (Lipinski definition) is 6. The number of amides is 1. The van der Waals surface area contributed by atoms with E-state index in [4.69, 9.17) is 19.9 Å². The van der Waals surface area contributed by atoms with Crippen molar-refractivity contribution < 1.29 is 24.1 Å². The first-order valence-electron chi connectivity index (χ1n) is 7.61. The second kappa shape index (κ2) is 9.68. The van der Waals surface area contributed by atoms with Gasteiger partial charge in [-0.25, -0.2) is 0 Å². The molecule has 2 rings (SSSR count). The first kappa shape index (κ1) is 20.5. The summed E-state index contributed by atoms with van der Waals surface area (Å²) in [7, 11) is 3.08. The van der Waals surface area contributed by atoms with E-state index in [1.165, 1.54) is 14.2 Å². The summed E-state index contributed by atoms with van der Waals surface area (Å²) in [5, 5.41) is 13.0. The van der Waals surface area contributed by atoms with E-state index in [-0.39, 0.29) is 31.0 Å². The van der Waals surface area contributed by atoms with E-state index in [2.05, 4.69) is 5.32 Å². The first-order chi connectivity index (χ1) is 11.1. The van der Waals surface area contributed by atoms with Crippen molar-refractivity contribution in [2.45, 2.75) is 31.2 Å². The van der Waals surface area contributed by atoms with E-state index in [0.29, 0.717) is 30.0 Å². The number of benzene rings is 1. The number of halogens is 1. The lowest BCUT2D eigenvalue weighted by atomic mass is 10.1. The van der Waals surface area contributed by atoms with Crippen LogP contribution in [0.4, 0.5) is 0 Å². The van der Waals surface area contributed by atoms with Gasteiger partial charge >= 0.3 is 0 Å². The zero-order valence-corrected chi connectivity index (χ0v) is 14.7. The summed E-state index contributed by atoms with van der Waals surface area (Å²) in [5.41, 5.74) is 6.13. The topological polar surface area (TPSA) is 103 Å². The molecular formula is C16H25ClN2O5. The largest absolute Gasteiger partial charge is 0.497 e. The molecule has 24 heavy (non-hydrogen) atoms. The molecule has 1 aromatic rings. The summed E-state index contributed by atoms with van der Waals surface area (Å²) in [6.45, 7) is 0.498. The minimum Gasteiger partial charge on any atom is -0.497 e. The molecule has 7 nitrogen and oxygen atoms in total. The van der Waals surface area contributed by atoms with Crippen LogP contribution in [0.15, 0.2) is 18.2 Å². The maximum Gasteiger partial charge on any atom is 0.249 e. The van der Waals surface area contributed by atoms with Crippen LogP contribution in [0.5, 0.6) is 11.5 Å². The lowest BCUT2D eigenvalue weighted by molar-refractivity contribution is -0.132. The molecule has 1 aliphatic heterocycles. The number of aliphatic hydroxyl groups excluding tert-OH is 1. The number of rotatable bonds is 7. The fourth-order valence-corrected chi connectivity index (χ4v) is 2.52. The quantitative estimate of drug-likeness (QED) is 0.664. The number of hydrogen-bond donors (Lipinski definition) is 3. The van der Waals surface area contributed by atoms with E-state index in [1.807, 2.05) is 0 Å². The molecule has 1 aliphatic rings. The highest BCUT2D eigenvalue weighted by Crippen LogP contribution is 2.26. The molecule has 136 valence electrons. The zero-order chi connectivity index (χ0) is 16.8. The normalized spacial score (nSPS) is 20.8. The van der Waals surface area contributed by atoms with E-state index >= 15 is 0 Å². The van der Waals surface area contributed by atoms with Gasteiger partial charge in [-0.3, -0.25) is 4.79 Å². The molecular weight excluding hydrogens is 336 g/mol. The minimum atomic E-state index is -0.866. The maximum atomic E-state index is 12.1. The monoisotopic (exact) mass is 360 g/mol. The van der Waals surface area contributed by atoms with Crippen LogP contribution in [0.2, 0.25) is 0 Å². The Labute approximate surface area is 147 Å². The molecule has 0 bridgehead atoms. The van der Waals surface area contributed by atoms with Crippen molar-refractivity contribution in [1.29, 1.82) is 0 Å². The van der Waals surface area contributed by atoms with Crippen LogP contribution < -0.4 is 20.5 Å². The Bertz CT molecular complexity index is 521. The molecule has 1 heterocycles. The van der Waals surface area contributed by atoms with Gasteiger partial charge in [-0.15, -0.1) is 12.4 Å². The molecule has 1 aromatic carbocycles. The molecule has 8 heteroatoms. The van der Waals surface area contributed by atoms with Crippen molar-refractivity contribution in [3.63, 3.8) is 0 Å². The van der Waals surface area contributed by atoms with Gasteiger partial charge in [0.05, 0.1) is 26.4 Å². The summed E-state index contributed by atoms with van der Waals surface area (Å²) in [4.78, 5) is 12.1. The van der Waals surface area contributed by atoms with Gasteiger partial charge in [-0.05, 0) is 30.5 Å². The molecule has 1 saturated heterocycles. The smallest absolute Gasteiger partial charge is 0.249 e. The third kappa shape index (κ3) is 5.24. The van der Waals surface area contributed by atoms with E-state index in [1.54, 1.807) is 18.2 Å². The summed E-state index contributed by atoms with van der Waals surface area (Å²) in [5.74, 6) is 0.930. The van der Waals surface area contributed by atoms with Crippen molar-refractivity contribution >= 4 is 18.3 Å². The second-order valence-corrected chi connectivity index (χ2v) is 5.47. The number of carbonyl (C=O) groups is 1. The fraction of sp³-hybridized carbons (Fsp3) is 0.562. The fourth-order valence-electron chi connectivity index (χ4n) is 2.52. The average molecular weight is 361 g/mol. The van der Waals surface area contributed by atoms with Gasteiger partial charge < -0.3 is 30.4 Å². The molecule has 0 spiro atoms. The number of aliphatic hydroxyl groups is 1. The van der Waals surface area contributed by atoms with Gasteiger partial charge in [0.2, 0.25) is 5.91 Å². The Morgan fingerprint density at radius 1 is 1.33 bits per heavy atom. The minimum absolute atomic E-state index is 0. The highest BCUT2D eigenvalue weighted by molar-refractivity contribution is 5.85. The summed E-state index contributed by atoms with van der Waals surface area (Å²) in [6.07, 6.45) is 0.0182. The van der Waals surface area contributed by atoms with E-state index in [0.717, 1.165) is 6.42 Å². The summed E-state index contributed by atoms with van der Waals surface area (Å²) >= 11 is 0. The lowest BCUT2D eigenvalue weighted by Crippen LogP contribution is -2.37. The van der Waals surface area contributed by atoms with Crippen LogP contribution in [0.25, 0.3) is 0 Å². The van der Waals surface area contributed by atoms with Gasteiger partial charge in [0.25, 0.3) is 0 Å². The van der Waals surface area contributed by atoms with Crippen molar-refractivity contribution in [2.75, 3.05) is 27.3 Å². The van der Waals surface area contributed by atoms with Gasteiger partial charge in [0.15, 0.2) is 0 Å². The van der Waals surface area contributed by atoms with Crippen LogP contribution in [0.1, 0.15) is 24.5 Å². The molecule has 1 amide bonds. The molecule has 1 unspecified atom stereocenters. The number of nitrogens with one attached hydrogen (secondary N) is 1. The molecule has 0 saturated carbocycles.